The van der Waals surface area contributed by atoms with Gasteiger partial charge < -0.3 is 15.4 Å². The lowest BCUT2D eigenvalue weighted by atomic mass is 10.1. The minimum absolute atomic E-state index is 0. The molecule has 0 aliphatic heterocycles. The summed E-state index contributed by atoms with van der Waals surface area (Å²) >= 11 is 1.80. The maximum atomic E-state index is 5.54. The summed E-state index contributed by atoms with van der Waals surface area (Å²) in [4.78, 5) is 5.70. The number of nitrogens with zero attached hydrogens (tertiary/aromatic N) is 1. The van der Waals surface area contributed by atoms with Gasteiger partial charge in [-0.3, -0.25) is 4.99 Å². The maximum absolute atomic E-state index is 5.54. The number of hydrogen-bond acceptors (Lipinski definition) is 3. The number of hydrogen-bond donors (Lipinski definition) is 2. The molecule has 0 saturated heterocycles. The molecular formula is C19H28IN3OS. The fraction of sp³-hybridized carbons (Fsp3) is 0.421. The standard InChI is InChI=1S/C19H27N3OS.HI/c1-4-23-14-17-9-6-5-8-16(17)13-22-19(20-3)21-12-15(2)18-10-7-11-24-18;/h5-11,15H,4,12-14H2,1-3H3,(H2,20,21,22);1H. The Morgan fingerprint density at radius 1 is 1.16 bits per heavy atom. The fourth-order valence-electron chi connectivity index (χ4n) is 2.40. The number of aliphatic imine (C=N–C) groups is 1. The van der Waals surface area contributed by atoms with Crippen LogP contribution in [0.3, 0.4) is 0 Å². The molecule has 138 valence electrons. The Hall–Kier alpha value is -1.12. The molecule has 1 aromatic carbocycles. The van der Waals surface area contributed by atoms with Gasteiger partial charge in [0.05, 0.1) is 6.61 Å². The summed E-state index contributed by atoms with van der Waals surface area (Å²) in [6, 6.07) is 12.6. The highest BCUT2D eigenvalue weighted by Gasteiger charge is 2.08. The van der Waals surface area contributed by atoms with Gasteiger partial charge in [-0.1, -0.05) is 37.3 Å². The second-order valence-electron chi connectivity index (χ2n) is 5.63. The summed E-state index contributed by atoms with van der Waals surface area (Å²) in [7, 11) is 1.80. The molecule has 2 rings (SSSR count). The van der Waals surface area contributed by atoms with Crippen molar-refractivity contribution < 1.29 is 4.74 Å². The Balaban J connectivity index is 0.00000312. The van der Waals surface area contributed by atoms with Gasteiger partial charge in [0, 0.05) is 37.5 Å². The Bertz CT molecular complexity index is 631. The van der Waals surface area contributed by atoms with Crippen molar-refractivity contribution in [2.24, 2.45) is 4.99 Å². The van der Waals surface area contributed by atoms with Crippen molar-refractivity contribution in [1.82, 2.24) is 10.6 Å². The number of thiophene rings is 1. The lowest BCUT2D eigenvalue weighted by Crippen LogP contribution is -2.38. The smallest absolute Gasteiger partial charge is 0.191 e. The molecule has 0 saturated carbocycles. The molecule has 0 aliphatic carbocycles. The molecule has 25 heavy (non-hydrogen) atoms. The summed E-state index contributed by atoms with van der Waals surface area (Å²) in [6.45, 7) is 7.21. The van der Waals surface area contributed by atoms with Gasteiger partial charge in [-0.05, 0) is 29.5 Å². The van der Waals surface area contributed by atoms with E-state index in [4.69, 9.17) is 4.74 Å². The van der Waals surface area contributed by atoms with Crippen LogP contribution in [0.25, 0.3) is 0 Å². The summed E-state index contributed by atoms with van der Waals surface area (Å²) in [5.74, 6) is 1.29. The first-order valence-electron chi connectivity index (χ1n) is 8.37. The number of benzene rings is 1. The van der Waals surface area contributed by atoms with Crippen LogP contribution in [-0.2, 0) is 17.9 Å². The molecule has 6 heteroatoms. The van der Waals surface area contributed by atoms with Crippen LogP contribution >= 0.6 is 35.3 Å². The first kappa shape index (κ1) is 21.9. The predicted molar refractivity (Wildman–Crippen MR) is 118 cm³/mol. The number of halogens is 1. The van der Waals surface area contributed by atoms with Crippen molar-refractivity contribution in [1.29, 1.82) is 0 Å². The molecule has 0 amide bonds. The topological polar surface area (TPSA) is 45.6 Å². The molecule has 1 unspecified atom stereocenters. The first-order valence-corrected chi connectivity index (χ1v) is 9.25. The molecule has 0 spiro atoms. The Kier molecular flexibility index (Phi) is 10.8. The van der Waals surface area contributed by atoms with Gasteiger partial charge in [0.1, 0.15) is 0 Å². The van der Waals surface area contributed by atoms with Gasteiger partial charge in [0.25, 0.3) is 0 Å². The van der Waals surface area contributed by atoms with E-state index < -0.39 is 0 Å². The van der Waals surface area contributed by atoms with Gasteiger partial charge in [-0.2, -0.15) is 0 Å². The van der Waals surface area contributed by atoms with Crippen LogP contribution in [0.1, 0.15) is 35.8 Å². The molecule has 1 heterocycles. The summed E-state index contributed by atoms with van der Waals surface area (Å²) in [5.41, 5.74) is 2.45. The van der Waals surface area contributed by atoms with E-state index in [1.807, 2.05) is 13.0 Å². The van der Waals surface area contributed by atoms with E-state index in [2.05, 4.69) is 58.3 Å². The summed E-state index contributed by atoms with van der Waals surface area (Å²) in [5, 5.41) is 8.91. The highest BCUT2D eigenvalue weighted by molar-refractivity contribution is 14.0. The van der Waals surface area contributed by atoms with Crippen molar-refractivity contribution in [2.45, 2.75) is 32.9 Å². The largest absolute Gasteiger partial charge is 0.377 e. The van der Waals surface area contributed by atoms with Crippen molar-refractivity contribution in [2.75, 3.05) is 20.2 Å². The van der Waals surface area contributed by atoms with E-state index in [-0.39, 0.29) is 24.0 Å². The van der Waals surface area contributed by atoms with Crippen LogP contribution in [0.5, 0.6) is 0 Å². The van der Waals surface area contributed by atoms with Crippen LogP contribution in [0.2, 0.25) is 0 Å². The van der Waals surface area contributed by atoms with Gasteiger partial charge in [0.15, 0.2) is 5.96 Å². The van der Waals surface area contributed by atoms with E-state index in [9.17, 15) is 0 Å². The van der Waals surface area contributed by atoms with Crippen LogP contribution < -0.4 is 10.6 Å². The summed E-state index contributed by atoms with van der Waals surface area (Å²) in [6.07, 6.45) is 0. The SMILES string of the molecule is CCOCc1ccccc1CNC(=NC)NCC(C)c1cccs1.I. The zero-order chi connectivity index (χ0) is 17.2. The number of guanidine groups is 1. The molecule has 0 radical (unpaired) electrons. The van der Waals surface area contributed by atoms with Gasteiger partial charge >= 0.3 is 0 Å². The number of rotatable bonds is 8. The molecule has 2 N–H and O–H groups in total. The van der Waals surface area contributed by atoms with Crippen molar-refractivity contribution in [3.05, 3.63) is 57.8 Å². The number of nitrogens with one attached hydrogen (secondary N) is 2. The molecule has 0 bridgehead atoms. The fourth-order valence-corrected chi connectivity index (χ4v) is 3.19. The quantitative estimate of drug-likeness (QED) is 0.340. The average molecular weight is 473 g/mol. The van der Waals surface area contributed by atoms with Gasteiger partial charge in [0.2, 0.25) is 0 Å². The van der Waals surface area contributed by atoms with E-state index >= 15 is 0 Å². The zero-order valence-electron chi connectivity index (χ0n) is 15.1. The van der Waals surface area contributed by atoms with Crippen molar-refractivity contribution in [3.63, 3.8) is 0 Å². The minimum atomic E-state index is 0. The molecule has 1 atom stereocenters. The lowest BCUT2D eigenvalue weighted by Gasteiger charge is -2.16. The third-order valence-corrected chi connectivity index (χ3v) is 4.96. The third kappa shape index (κ3) is 7.33. The molecule has 4 nitrogen and oxygen atoms in total. The van der Waals surface area contributed by atoms with Crippen molar-refractivity contribution in [3.8, 4) is 0 Å². The van der Waals surface area contributed by atoms with Gasteiger partial charge in [-0.15, -0.1) is 35.3 Å². The Labute approximate surface area is 172 Å². The van der Waals surface area contributed by atoms with Crippen LogP contribution in [-0.4, -0.2) is 26.2 Å². The Morgan fingerprint density at radius 3 is 2.56 bits per heavy atom. The minimum Gasteiger partial charge on any atom is -0.377 e. The molecule has 0 aliphatic rings. The Morgan fingerprint density at radius 2 is 1.92 bits per heavy atom. The second-order valence-corrected chi connectivity index (χ2v) is 6.61. The van der Waals surface area contributed by atoms with E-state index in [1.54, 1.807) is 18.4 Å². The third-order valence-electron chi connectivity index (χ3n) is 3.85. The molecular weight excluding hydrogens is 445 g/mol. The lowest BCUT2D eigenvalue weighted by molar-refractivity contribution is 0.133. The highest BCUT2D eigenvalue weighted by Crippen LogP contribution is 2.19. The van der Waals surface area contributed by atoms with Crippen LogP contribution in [0, 0.1) is 0 Å². The molecule has 0 fully saturated rings. The number of ether oxygens (including phenoxy) is 1. The average Bonchev–Trinajstić information content (AvgIpc) is 3.15. The van der Waals surface area contributed by atoms with Crippen LogP contribution in [0.4, 0.5) is 0 Å². The normalized spacial score (nSPS) is 12.4. The van der Waals surface area contributed by atoms with E-state index in [0.29, 0.717) is 12.5 Å². The first-order chi connectivity index (χ1) is 11.7. The monoisotopic (exact) mass is 473 g/mol. The summed E-state index contributed by atoms with van der Waals surface area (Å²) < 4.78 is 5.54. The van der Waals surface area contributed by atoms with E-state index in [1.165, 1.54) is 16.0 Å². The van der Waals surface area contributed by atoms with Crippen LogP contribution in [0.15, 0.2) is 46.8 Å². The molecule has 1 aromatic heterocycles. The predicted octanol–water partition coefficient (Wildman–Crippen LogP) is 4.37. The second kappa shape index (κ2) is 12.3. The highest BCUT2D eigenvalue weighted by atomic mass is 127. The maximum Gasteiger partial charge on any atom is 0.191 e. The molecule has 2 aromatic rings. The van der Waals surface area contributed by atoms with Gasteiger partial charge in [-0.25, -0.2) is 0 Å². The van der Waals surface area contributed by atoms with E-state index in [0.717, 1.165) is 25.7 Å². The van der Waals surface area contributed by atoms with Crippen molar-refractivity contribution >= 4 is 41.3 Å². The zero-order valence-corrected chi connectivity index (χ0v) is 18.3.